The van der Waals surface area contributed by atoms with Gasteiger partial charge in [-0.25, -0.2) is 0 Å². The molecule has 8 heteroatoms. The average molecular weight is 518 g/mol. The number of aryl methyl sites for hydroxylation is 2. The predicted molar refractivity (Wildman–Crippen MR) is 140 cm³/mol. The zero-order valence-electron chi connectivity index (χ0n) is 20.1. The lowest BCUT2D eigenvalue weighted by Crippen LogP contribution is -2.37. The van der Waals surface area contributed by atoms with Crippen LogP contribution in [0.25, 0.3) is 0 Å². The molecule has 3 aromatic rings. The van der Waals surface area contributed by atoms with Crippen molar-refractivity contribution in [1.82, 2.24) is 14.7 Å². The number of likely N-dealkylation sites (tertiary alicyclic amines) is 1. The molecule has 4 rings (SSSR count). The number of hydrogen-bond donors (Lipinski definition) is 1. The molecule has 1 atom stereocenters. The van der Waals surface area contributed by atoms with Crippen LogP contribution in [0.1, 0.15) is 36.8 Å². The van der Waals surface area contributed by atoms with E-state index in [1.54, 1.807) is 18.2 Å². The highest BCUT2D eigenvalue weighted by molar-refractivity contribution is 6.42. The lowest BCUT2D eigenvalue weighted by molar-refractivity contribution is -0.0168. The second kappa shape index (κ2) is 12.1. The van der Waals surface area contributed by atoms with E-state index in [0.717, 1.165) is 44.8 Å². The van der Waals surface area contributed by atoms with Crippen molar-refractivity contribution < 1.29 is 14.6 Å². The van der Waals surface area contributed by atoms with Crippen molar-refractivity contribution in [3.05, 3.63) is 76.0 Å². The normalized spacial score (nSPS) is 18.9. The molecule has 35 heavy (non-hydrogen) atoms. The molecule has 0 radical (unpaired) electrons. The fourth-order valence-corrected chi connectivity index (χ4v) is 4.56. The molecular weight excluding hydrogens is 485 g/mol. The third-order valence-electron chi connectivity index (χ3n) is 6.30. The minimum atomic E-state index is -0.854. The summed E-state index contributed by atoms with van der Waals surface area (Å²) in [6.07, 6.45) is 7.10. The molecule has 0 unspecified atom stereocenters. The average Bonchev–Trinajstić information content (AvgIpc) is 3.17. The summed E-state index contributed by atoms with van der Waals surface area (Å²) in [7, 11) is 0. The van der Waals surface area contributed by atoms with Crippen molar-refractivity contribution >= 4 is 23.2 Å². The summed E-state index contributed by atoms with van der Waals surface area (Å²) in [4.78, 5) is 2.39. The van der Waals surface area contributed by atoms with Gasteiger partial charge in [-0.3, -0.25) is 9.58 Å². The highest BCUT2D eigenvalue weighted by Gasteiger charge is 2.31. The van der Waals surface area contributed by atoms with Gasteiger partial charge in [-0.2, -0.15) is 5.10 Å². The van der Waals surface area contributed by atoms with Gasteiger partial charge in [-0.05, 0) is 68.1 Å². The van der Waals surface area contributed by atoms with Crippen molar-refractivity contribution in [3.8, 4) is 11.5 Å². The summed E-state index contributed by atoms with van der Waals surface area (Å²) in [6.45, 7) is 6.40. The number of ether oxygens (including phenoxy) is 2. The topological polar surface area (TPSA) is 59.8 Å². The molecule has 0 bridgehead atoms. The van der Waals surface area contributed by atoms with Crippen LogP contribution in [0.15, 0.2) is 54.9 Å². The zero-order chi connectivity index (χ0) is 24.7. The first-order chi connectivity index (χ1) is 16.9. The smallest absolute Gasteiger partial charge is 0.121 e. The number of benzene rings is 2. The quantitative estimate of drug-likeness (QED) is 0.346. The Labute approximate surface area is 217 Å². The lowest BCUT2D eigenvalue weighted by atomic mass is 9.96. The SMILES string of the molecule is Cc1cnn(CCCOc2ccc(CN3CCC[C@](O)(COc4ccc(Cl)c(Cl)c4)CC3)cc2)c1. The molecule has 1 aromatic heterocycles. The highest BCUT2D eigenvalue weighted by Crippen LogP contribution is 2.29. The van der Waals surface area contributed by atoms with Crippen LogP contribution >= 0.6 is 23.2 Å². The lowest BCUT2D eigenvalue weighted by Gasteiger charge is -2.27. The van der Waals surface area contributed by atoms with Crippen molar-refractivity contribution in [2.45, 2.75) is 51.3 Å². The van der Waals surface area contributed by atoms with E-state index in [1.165, 1.54) is 11.1 Å². The third kappa shape index (κ3) is 7.87. The third-order valence-corrected chi connectivity index (χ3v) is 7.04. The Morgan fingerprint density at radius 3 is 2.54 bits per heavy atom. The molecule has 1 fully saturated rings. The molecule has 1 N–H and O–H groups in total. The maximum absolute atomic E-state index is 11.1. The Hall–Kier alpha value is -2.25. The number of halogens is 2. The van der Waals surface area contributed by atoms with Crippen LogP contribution in [0.2, 0.25) is 10.0 Å². The molecule has 2 heterocycles. The summed E-state index contributed by atoms with van der Waals surface area (Å²) in [5, 5.41) is 16.3. The molecule has 0 spiro atoms. The predicted octanol–water partition coefficient (Wildman–Crippen LogP) is 5.76. The molecule has 1 saturated heterocycles. The first-order valence-electron chi connectivity index (χ1n) is 12.1. The Balaban J connectivity index is 1.19. The van der Waals surface area contributed by atoms with E-state index in [1.807, 2.05) is 36.1 Å². The second-order valence-electron chi connectivity index (χ2n) is 9.35. The standard InChI is InChI=1S/C27H33Cl2N3O3/c1-21-17-30-32(18-21)13-3-15-34-23-6-4-22(5-7-23)19-31-12-2-10-27(33,11-14-31)20-35-24-8-9-25(28)26(29)16-24/h4-9,16-18,33H,2-3,10-15,19-20H2,1H3/t27-/m1/s1. The number of rotatable bonds is 10. The minimum Gasteiger partial charge on any atom is -0.494 e. The monoisotopic (exact) mass is 517 g/mol. The molecule has 1 aliphatic rings. The van der Waals surface area contributed by atoms with Crippen LogP contribution in [0.5, 0.6) is 11.5 Å². The van der Waals surface area contributed by atoms with Crippen LogP contribution in [-0.4, -0.2) is 51.7 Å². The fraction of sp³-hybridized carbons (Fsp3) is 0.444. The van der Waals surface area contributed by atoms with Gasteiger partial charge in [-0.15, -0.1) is 0 Å². The van der Waals surface area contributed by atoms with E-state index in [9.17, 15) is 5.11 Å². The van der Waals surface area contributed by atoms with Gasteiger partial charge >= 0.3 is 0 Å². The molecule has 188 valence electrons. The van der Waals surface area contributed by atoms with E-state index < -0.39 is 5.60 Å². The van der Waals surface area contributed by atoms with Crippen LogP contribution in [-0.2, 0) is 13.1 Å². The van der Waals surface area contributed by atoms with Gasteiger partial charge in [0, 0.05) is 38.3 Å². The summed E-state index contributed by atoms with van der Waals surface area (Å²) >= 11 is 12.0. The number of aromatic nitrogens is 2. The summed E-state index contributed by atoms with van der Waals surface area (Å²) in [5.41, 5.74) is 1.56. The van der Waals surface area contributed by atoms with Crippen LogP contribution in [0.4, 0.5) is 0 Å². The fourth-order valence-electron chi connectivity index (χ4n) is 4.28. The van der Waals surface area contributed by atoms with Gasteiger partial charge in [0.05, 0.1) is 28.5 Å². The first kappa shape index (κ1) is 25.8. The summed E-state index contributed by atoms with van der Waals surface area (Å²) in [5.74, 6) is 1.50. The van der Waals surface area contributed by atoms with Gasteiger partial charge < -0.3 is 14.6 Å². The largest absolute Gasteiger partial charge is 0.494 e. The molecular formula is C27H33Cl2N3O3. The summed E-state index contributed by atoms with van der Waals surface area (Å²) in [6, 6.07) is 13.5. The van der Waals surface area contributed by atoms with Gasteiger partial charge in [0.1, 0.15) is 18.1 Å². The van der Waals surface area contributed by atoms with Gasteiger partial charge in [0.25, 0.3) is 0 Å². The highest BCUT2D eigenvalue weighted by atomic mass is 35.5. The van der Waals surface area contributed by atoms with Gasteiger partial charge in [0.15, 0.2) is 0 Å². The van der Waals surface area contributed by atoms with Crippen LogP contribution in [0, 0.1) is 6.92 Å². The van der Waals surface area contributed by atoms with Crippen molar-refractivity contribution in [1.29, 1.82) is 0 Å². The Kier molecular flexibility index (Phi) is 8.95. The number of nitrogens with zero attached hydrogens (tertiary/aromatic N) is 3. The minimum absolute atomic E-state index is 0.241. The number of aliphatic hydroxyl groups is 1. The van der Waals surface area contributed by atoms with Crippen molar-refractivity contribution in [2.75, 3.05) is 26.3 Å². The first-order valence-corrected chi connectivity index (χ1v) is 12.9. The van der Waals surface area contributed by atoms with Crippen LogP contribution in [0.3, 0.4) is 0 Å². The Morgan fingerprint density at radius 2 is 1.80 bits per heavy atom. The molecule has 0 saturated carbocycles. The van der Waals surface area contributed by atoms with E-state index in [4.69, 9.17) is 32.7 Å². The van der Waals surface area contributed by atoms with E-state index in [2.05, 4.69) is 22.1 Å². The molecule has 1 aliphatic heterocycles. The maximum Gasteiger partial charge on any atom is 0.121 e. The molecule has 0 amide bonds. The van der Waals surface area contributed by atoms with Gasteiger partial charge in [0.2, 0.25) is 0 Å². The van der Waals surface area contributed by atoms with Gasteiger partial charge in [-0.1, -0.05) is 35.3 Å². The number of hydrogen-bond acceptors (Lipinski definition) is 5. The molecule has 0 aliphatic carbocycles. The van der Waals surface area contributed by atoms with Crippen LogP contribution < -0.4 is 9.47 Å². The molecule has 6 nitrogen and oxygen atoms in total. The van der Waals surface area contributed by atoms with E-state index in [-0.39, 0.29) is 6.61 Å². The summed E-state index contributed by atoms with van der Waals surface area (Å²) < 4.78 is 13.7. The Morgan fingerprint density at radius 1 is 1.00 bits per heavy atom. The second-order valence-corrected chi connectivity index (χ2v) is 10.2. The van der Waals surface area contributed by atoms with Crippen molar-refractivity contribution in [3.63, 3.8) is 0 Å². The van der Waals surface area contributed by atoms with Crippen molar-refractivity contribution in [2.24, 2.45) is 0 Å². The zero-order valence-corrected chi connectivity index (χ0v) is 21.6. The molecule has 2 aromatic carbocycles. The maximum atomic E-state index is 11.1. The van der Waals surface area contributed by atoms with E-state index >= 15 is 0 Å². The Bertz CT molecular complexity index is 1090. The van der Waals surface area contributed by atoms with E-state index in [0.29, 0.717) is 35.2 Å².